The maximum absolute atomic E-state index is 12.5. The Morgan fingerprint density at radius 3 is 2.47 bits per heavy atom. The van der Waals surface area contributed by atoms with Crippen molar-refractivity contribution in [2.45, 2.75) is 6.61 Å². The van der Waals surface area contributed by atoms with Crippen molar-refractivity contribution in [1.29, 1.82) is 5.26 Å². The van der Waals surface area contributed by atoms with Crippen LogP contribution in [0.5, 0.6) is 11.5 Å². The van der Waals surface area contributed by atoms with E-state index in [4.69, 9.17) is 21.1 Å². The molecule has 0 saturated heterocycles. The van der Waals surface area contributed by atoms with Gasteiger partial charge in [-0.25, -0.2) is 0 Å². The van der Waals surface area contributed by atoms with Crippen LogP contribution in [0.25, 0.3) is 6.08 Å². The van der Waals surface area contributed by atoms with E-state index in [1.165, 1.54) is 25.3 Å². The van der Waals surface area contributed by atoms with Crippen LogP contribution in [0.2, 0.25) is 5.02 Å². The van der Waals surface area contributed by atoms with Crippen LogP contribution in [-0.2, 0) is 11.4 Å². The number of amides is 1. The Kier molecular flexibility index (Phi) is 8.24. The molecule has 0 atom stereocenters. The minimum absolute atomic E-state index is 0.00736. The van der Waals surface area contributed by atoms with Crippen molar-refractivity contribution in [3.05, 3.63) is 97.0 Å². The molecule has 0 unspecified atom stereocenters. The summed E-state index contributed by atoms with van der Waals surface area (Å²) in [5, 5.41) is 23.5. The Balaban J connectivity index is 1.78. The Morgan fingerprint density at radius 2 is 1.88 bits per heavy atom. The van der Waals surface area contributed by atoms with Crippen molar-refractivity contribution in [2.24, 2.45) is 0 Å². The smallest absolute Gasteiger partial charge is 0.269 e. The van der Waals surface area contributed by atoms with Crippen LogP contribution in [0.1, 0.15) is 11.1 Å². The van der Waals surface area contributed by atoms with Crippen molar-refractivity contribution in [1.82, 2.24) is 0 Å². The number of nitro benzene ring substituents is 1. The average Bonchev–Trinajstić information content (AvgIpc) is 2.83. The zero-order chi connectivity index (χ0) is 24.7. The third kappa shape index (κ3) is 6.34. The molecule has 34 heavy (non-hydrogen) atoms. The van der Waals surface area contributed by atoms with Crippen LogP contribution in [0, 0.1) is 21.4 Å². The molecule has 1 amide bonds. The highest BCUT2D eigenvalue weighted by molar-refractivity contribution is 9.10. The summed E-state index contributed by atoms with van der Waals surface area (Å²) in [6, 6.07) is 17.7. The molecular formula is C24H17BrClN3O5. The molecule has 0 aliphatic rings. The van der Waals surface area contributed by atoms with E-state index in [-0.39, 0.29) is 17.9 Å². The number of halogens is 2. The number of rotatable bonds is 8. The van der Waals surface area contributed by atoms with E-state index >= 15 is 0 Å². The molecule has 3 rings (SSSR count). The molecule has 0 aliphatic heterocycles. The fourth-order valence-corrected chi connectivity index (χ4v) is 3.58. The Bertz CT molecular complexity index is 1290. The first kappa shape index (κ1) is 24.8. The first-order chi connectivity index (χ1) is 16.3. The summed E-state index contributed by atoms with van der Waals surface area (Å²) in [6.45, 7) is 0.148. The number of benzene rings is 3. The molecule has 10 heteroatoms. The van der Waals surface area contributed by atoms with Crippen LogP contribution in [0.4, 0.5) is 11.4 Å². The second-order valence-corrected chi connectivity index (χ2v) is 8.17. The molecule has 0 aliphatic carbocycles. The lowest BCUT2D eigenvalue weighted by Gasteiger charge is -2.14. The van der Waals surface area contributed by atoms with Crippen molar-refractivity contribution >= 4 is 50.9 Å². The van der Waals surface area contributed by atoms with E-state index < -0.39 is 10.8 Å². The quantitative estimate of drug-likeness (QED) is 0.158. The molecule has 0 spiro atoms. The van der Waals surface area contributed by atoms with Gasteiger partial charge in [-0.15, -0.1) is 0 Å². The Morgan fingerprint density at radius 1 is 1.21 bits per heavy atom. The topological polar surface area (TPSA) is 114 Å². The largest absolute Gasteiger partial charge is 0.493 e. The Labute approximate surface area is 208 Å². The highest BCUT2D eigenvalue weighted by Crippen LogP contribution is 2.38. The second-order valence-electron chi connectivity index (χ2n) is 6.88. The SMILES string of the molecule is COc1cc(/C=C(/C#N)C(=O)Nc2ccc(Cl)cc2)cc(Br)c1OCc1ccc([N+](=O)[O-])cc1. The van der Waals surface area contributed by atoms with Gasteiger partial charge in [0.15, 0.2) is 11.5 Å². The van der Waals surface area contributed by atoms with E-state index in [1.54, 1.807) is 48.5 Å². The highest BCUT2D eigenvalue weighted by atomic mass is 79.9. The number of carbonyl (C=O) groups is 1. The normalized spacial score (nSPS) is 10.8. The van der Waals surface area contributed by atoms with Gasteiger partial charge in [0.25, 0.3) is 11.6 Å². The number of ether oxygens (including phenoxy) is 2. The van der Waals surface area contributed by atoms with Crippen LogP contribution in [-0.4, -0.2) is 17.9 Å². The lowest BCUT2D eigenvalue weighted by molar-refractivity contribution is -0.384. The number of anilines is 1. The van der Waals surface area contributed by atoms with Crippen LogP contribution < -0.4 is 14.8 Å². The number of nitriles is 1. The summed E-state index contributed by atoms with van der Waals surface area (Å²) in [6.07, 6.45) is 1.43. The number of hydrogen-bond acceptors (Lipinski definition) is 6. The maximum atomic E-state index is 12.5. The number of carbonyl (C=O) groups excluding carboxylic acids is 1. The van der Waals surface area contributed by atoms with Crippen molar-refractivity contribution < 1.29 is 19.2 Å². The molecule has 0 saturated carbocycles. The molecule has 8 nitrogen and oxygen atoms in total. The number of nitro groups is 1. The lowest BCUT2D eigenvalue weighted by Crippen LogP contribution is -2.13. The molecule has 0 aromatic heterocycles. The summed E-state index contributed by atoms with van der Waals surface area (Å²) in [5.74, 6) is 0.207. The molecule has 0 radical (unpaired) electrons. The number of nitrogens with zero attached hydrogens (tertiary/aromatic N) is 2. The van der Waals surface area contributed by atoms with Crippen molar-refractivity contribution in [3.8, 4) is 17.6 Å². The maximum Gasteiger partial charge on any atom is 0.269 e. The molecule has 0 fully saturated rings. The number of nitrogens with one attached hydrogen (secondary N) is 1. The molecule has 0 heterocycles. The molecule has 1 N–H and O–H groups in total. The van der Waals surface area contributed by atoms with Gasteiger partial charge in [0.05, 0.1) is 16.5 Å². The minimum atomic E-state index is -0.571. The minimum Gasteiger partial charge on any atom is -0.493 e. The van der Waals surface area contributed by atoms with Crippen molar-refractivity contribution in [3.63, 3.8) is 0 Å². The van der Waals surface area contributed by atoms with E-state index in [1.807, 2.05) is 6.07 Å². The third-order valence-corrected chi connectivity index (χ3v) is 5.40. The van der Waals surface area contributed by atoms with Gasteiger partial charge >= 0.3 is 0 Å². The predicted octanol–water partition coefficient (Wildman–Crippen LogP) is 6.14. The van der Waals surface area contributed by atoms with Gasteiger partial charge in [-0.1, -0.05) is 11.6 Å². The van der Waals surface area contributed by atoms with Crippen LogP contribution in [0.15, 0.2) is 70.7 Å². The van der Waals surface area contributed by atoms with Gasteiger partial charge in [0.1, 0.15) is 18.2 Å². The average molecular weight is 543 g/mol. The van der Waals surface area contributed by atoms with Gasteiger partial charge in [-0.3, -0.25) is 14.9 Å². The summed E-state index contributed by atoms with van der Waals surface area (Å²) in [7, 11) is 1.46. The first-order valence-electron chi connectivity index (χ1n) is 9.73. The predicted molar refractivity (Wildman–Crippen MR) is 132 cm³/mol. The molecule has 3 aromatic rings. The van der Waals surface area contributed by atoms with Gasteiger partial charge in [-0.2, -0.15) is 5.26 Å². The molecule has 172 valence electrons. The van der Waals surface area contributed by atoms with E-state index in [9.17, 15) is 20.2 Å². The molecule has 0 bridgehead atoms. The fraction of sp³-hybridized carbons (Fsp3) is 0.0833. The van der Waals surface area contributed by atoms with Gasteiger partial charge in [0, 0.05) is 22.8 Å². The lowest BCUT2D eigenvalue weighted by atomic mass is 10.1. The summed E-state index contributed by atoms with van der Waals surface area (Å²) >= 11 is 9.28. The third-order valence-electron chi connectivity index (χ3n) is 4.56. The monoisotopic (exact) mass is 541 g/mol. The number of methoxy groups -OCH3 is 1. The highest BCUT2D eigenvalue weighted by Gasteiger charge is 2.15. The number of non-ortho nitro benzene ring substituents is 1. The van der Waals surface area contributed by atoms with Gasteiger partial charge in [0.2, 0.25) is 0 Å². The second kappa shape index (κ2) is 11.3. The molecular weight excluding hydrogens is 526 g/mol. The fourth-order valence-electron chi connectivity index (χ4n) is 2.88. The van der Waals surface area contributed by atoms with E-state index in [0.717, 1.165) is 5.56 Å². The zero-order valence-corrected chi connectivity index (χ0v) is 20.1. The van der Waals surface area contributed by atoms with Crippen molar-refractivity contribution in [2.75, 3.05) is 12.4 Å². The summed E-state index contributed by atoms with van der Waals surface area (Å²) in [5.41, 5.74) is 1.66. The standard InChI is InChI=1S/C24H17BrClN3O5/c1-33-22-12-16(10-17(13-27)24(30)28-19-6-4-18(26)5-7-19)11-21(25)23(22)34-14-15-2-8-20(9-3-15)29(31)32/h2-12H,14H2,1H3,(H,28,30)/b17-10-. The van der Waals surface area contributed by atoms with E-state index in [2.05, 4.69) is 21.2 Å². The summed E-state index contributed by atoms with van der Waals surface area (Å²) in [4.78, 5) is 22.8. The zero-order valence-electron chi connectivity index (χ0n) is 17.7. The van der Waals surface area contributed by atoms with Crippen LogP contribution >= 0.6 is 27.5 Å². The number of hydrogen-bond donors (Lipinski definition) is 1. The summed E-state index contributed by atoms with van der Waals surface area (Å²) < 4.78 is 11.8. The van der Waals surface area contributed by atoms with Gasteiger partial charge in [-0.05, 0) is 81.7 Å². The van der Waals surface area contributed by atoms with Crippen LogP contribution in [0.3, 0.4) is 0 Å². The van der Waals surface area contributed by atoms with E-state index in [0.29, 0.717) is 32.2 Å². The molecule has 3 aromatic carbocycles. The Hall–Kier alpha value is -3.87. The van der Waals surface area contributed by atoms with Gasteiger partial charge < -0.3 is 14.8 Å². The first-order valence-corrected chi connectivity index (χ1v) is 10.9.